The average molecular weight is 303 g/mol. The van der Waals surface area contributed by atoms with E-state index in [0.29, 0.717) is 0 Å². The molecule has 0 radical (unpaired) electrons. The number of amides is 1. The topological polar surface area (TPSA) is 57.8 Å². The maximum Gasteiger partial charge on any atom is 0.248 e. The highest BCUT2D eigenvalue weighted by molar-refractivity contribution is 6.03. The zero-order valence-electron chi connectivity index (χ0n) is 12.7. The molecule has 1 aromatic heterocycles. The van der Waals surface area contributed by atoms with Crippen LogP contribution in [0.25, 0.3) is 17.0 Å². The standard InChI is InChI=1S/C19H17N3O/c23-19(20-15-9-8-13-4-3-5-14(13)12-15)11-10-18-16-6-1-2-7-17(16)21-22-18/h1-2,6-12H,3-5H2,(H,20,23)(H,21,22). The molecule has 2 aromatic carbocycles. The molecule has 1 amide bonds. The lowest BCUT2D eigenvalue weighted by Gasteiger charge is -2.05. The van der Waals surface area contributed by atoms with E-state index in [-0.39, 0.29) is 5.91 Å². The Labute approximate surface area is 134 Å². The molecular weight excluding hydrogens is 286 g/mol. The van der Waals surface area contributed by atoms with E-state index in [1.54, 1.807) is 6.08 Å². The minimum atomic E-state index is -0.143. The fraction of sp³-hybridized carbons (Fsp3) is 0.158. The summed E-state index contributed by atoms with van der Waals surface area (Å²) in [5, 5.41) is 11.1. The molecule has 3 aromatic rings. The van der Waals surface area contributed by atoms with Crippen LogP contribution < -0.4 is 5.32 Å². The number of aromatic amines is 1. The fourth-order valence-electron chi connectivity index (χ4n) is 3.10. The number of nitrogens with one attached hydrogen (secondary N) is 2. The number of hydrogen-bond donors (Lipinski definition) is 2. The molecule has 0 atom stereocenters. The van der Waals surface area contributed by atoms with Crippen molar-refractivity contribution in [2.45, 2.75) is 19.3 Å². The summed E-state index contributed by atoms with van der Waals surface area (Å²) in [6.45, 7) is 0. The third kappa shape index (κ3) is 2.75. The maximum atomic E-state index is 12.1. The summed E-state index contributed by atoms with van der Waals surface area (Å²) >= 11 is 0. The number of carbonyl (C=O) groups excluding carboxylic acids is 1. The molecule has 0 spiro atoms. The third-order valence-electron chi connectivity index (χ3n) is 4.26. The highest BCUT2D eigenvalue weighted by Gasteiger charge is 2.11. The molecule has 1 heterocycles. The number of para-hydroxylation sites is 1. The van der Waals surface area contributed by atoms with E-state index in [2.05, 4.69) is 27.6 Å². The van der Waals surface area contributed by atoms with Crippen molar-refractivity contribution in [3.63, 3.8) is 0 Å². The van der Waals surface area contributed by atoms with E-state index < -0.39 is 0 Å². The number of aryl methyl sites for hydroxylation is 2. The number of carbonyl (C=O) groups is 1. The van der Waals surface area contributed by atoms with Crippen molar-refractivity contribution in [3.8, 4) is 0 Å². The van der Waals surface area contributed by atoms with Crippen LogP contribution in [0, 0.1) is 0 Å². The van der Waals surface area contributed by atoms with Crippen LogP contribution in [0.2, 0.25) is 0 Å². The first-order chi connectivity index (χ1) is 11.3. The van der Waals surface area contributed by atoms with Crippen LogP contribution >= 0.6 is 0 Å². The van der Waals surface area contributed by atoms with Gasteiger partial charge in [-0.15, -0.1) is 0 Å². The van der Waals surface area contributed by atoms with Crippen molar-refractivity contribution in [3.05, 3.63) is 65.4 Å². The van der Waals surface area contributed by atoms with Gasteiger partial charge >= 0.3 is 0 Å². The van der Waals surface area contributed by atoms with Crippen molar-refractivity contribution in [2.75, 3.05) is 5.32 Å². The van der Waals surface area contributed by atoms with Gasteiger partial charge in [-0.3, -0.25) is 9.89 Å². The Morgan fingerprint density at radius 3 is 2.96 bits per heavy atom. The predicted octanol–water partition coefficient (Wildman–Crippen LogP) is 3.70. The molecule has 114 valence electrons. The van der Waals surface area contributed by atoms with Crippen molar-refractivity contribution in [1.29, 1.82) is 0 Å². The lowest BCUT2D eigenvalue weighted by atomic mass is 10.1. The number of benzene rings is 2. The normalized spacial score (nSPS) is 13.6. The summed E-state index contributed by atoms with van der Waals surface area (Å²) in [6, 6.07) is 14.0. The van der Waals surface area contributed by atoms with Crippen molar-refractivity contribution in [1.82, 2.24) is 10.2 Å². The lowest BCUT2D eigenvalue weighted by molar-refractivity contribution is -0.111. The van der Waals surface area contributed by atoms with Crippen LogP contribution in [-0.4, -0.2) is 16.1 Å². The zero-order valence-corrected chi connectivity index (χ0v) is 12.7. The Kier molecular flexibility index (Phi) is 3.42. The minimum absolute atomic E-state index is 0.143. The summed E-state index contributed by atoms with van der Waals surface area (Å²) in [6.07, 6.45) is 6.72. The molecule has 4 heteroatoms. The van der Waals surface area contributed by atoms with E-state index in [4.69, 9.17) is 0 Å². The van der Waals surface area contributed by atoms with E-state index in [1.807, 2.05) is 30.3 Å². The van der Waals surface area contributed by atoms with Crippen molar-refractivity contribution in [2.24, 2.45) is 0 Å². The predicted molar refractivity (Wildman–Crippen MR) is 92.2 cm³/mol. The molecular formula is C19H17N3O. The van der Waals surface area contributed by atoms with Crippen LogP contribution in [0.15, 0.2) is 48.5 Å². The second-order valence-corrected chi connectivity index (χ2v) is 5.81. The van der Waals surface area contributed by atoms with Gasteiger partial charge in [-0.05, 0) is 54.7 Å². The maximum absolute atomic E-state index is 12.1. The molecule has 1 aliphatic carbocycles. The van der Waals surface area contributed by atoms with E-state index in [0.717, 1.165) is 35.1 Å². The summed E-state index contributed by atoms with van der Waals surface area (Å²) in [5.74, 6) is -0.143. The Balaban J connectivity index is 1.49. The molecule has 4 nitrogen and oxygen atoms in total. The van der Waals surface area contributed by atoms with Gasteiger partial charge in [-0.25, -0.2) is 0 Å². The number of aromatic nitrogens is 2. The van der Waals surface area contributed by atoms with Crippen LogP contribution in [0.3, 0.4) is 0 Å². The number of hydrogen-bond acceptors (Lipinski definition) is 2. The summed E-state index contributed by atoms with van der Waals surface area (Å²) in [5.41, 5.74) is 5.34. The van der Waals surface area contributed by atoms with Crippen LogP contribution in [0.1, 0.15) is 23.2 Å². The van der Waals surface area contributed by atoms with Gasteiger partial charge in [0.25, 0.3) is 0 Å². The van der Waals surface area contributed by atoms with Crippen LogP contribution in [0.5, 0.6) is 0 Å². The van der Waals surface area contributed by atoms with Crippen LogP contribution in [0.4, 0.5) is 5.69 Å². The molecule has 0 unspecified atom stereocenters. The molecule has 0 saturated carbocycles. The van der Waals surface area contributed by atoms with E-state index in [1.165, 1.54) is 23.6 Å². The van der Waals surface area contributed by atoms with Gasteiger partial charge in [-0.1, -0.05) is 24.3 Å². The van der Waals surface area contributed by atoms with E-state index >= 15 is 0 Å². The smallest absolute Gasteiger partial charge is 0.248 e. The molecule has 23 heavy (non-hydrogen) atoms. The Morgan fingerprint density at radius 1 is 1.13 bits per heavy atom. The Morgan fingerprint density at radius 2 is 2.00 bits per heavy atom. The van der Waals surface area contributed by atoms with Gasteiger partial charge in [0.2, 0.25) is 5.91 Å². The second kappa shape index (κ2) is 5.72. The van der Waals surface area contributed by atoms with Gasteiger partial charge in [0.1, 0.15) is 0 Å². The molecule has 1 aliphatic rings. The minimum Gasteiger partial charge on any atom is -0.323 e. The largest absolute Gasteiger partial charge is 0.323 e. The number of anilines is 1. The van der Waals surface area contributed by atoms with E-state index in [9.17, 15) is 4.79 Å². The summed E-state index contributed by atoms with van der Waals surface area (Å²) in [4.78, 5) is 12.1. The monoisotopic (exact) mass is 303 g/mol. The molecule has 0 fully saturated rings. The zero-order chi connectivity index (χ0) is 15.6. The van der Waals surface area contributed by atoms with Gasteiger partial charge < -0.3 is 5.32 Å². The highest BCUT2D eigenvalue weighted by atomic mass is 16.1. The van der Waals surface area contributed by atoms with Gasteiger partial charge in [-0.2, -0.15) is 5.10 Å². The molecule has 4 rings (SSSR count). The first-order valence-electron chi connectivity index (χ1n) is 7.83. The fourth-order valence-corrected chi connectivity index (χ4v) is 3.10. The molecule has 0 saturated heterocycles. The first kappa shape index (κ1) is 13.8. The summed E-state index contributed by atoms with van der Waals surface area (Å²) in [7, 11) is 0. The molecule has 2 N–H and O–H groups in total. The lowest BCUT2D eigenvalue weighted by Crippen LogP contribution is -2.08. The second-order valence-electron chi connectivity index (χ2n) is 5.81. The number of H-pyrrole nitrogens is 1. The third-order valence-corrected chi connectivity index (χ3v) is 4.26. The number of nitrogens with zero attached hydrogens (tertiary/aromatic N) is 1. The van der Waals surface area contributed by atoms with Crippen molar-refractivity contribution < 1.29 is 4.79 Å². The van der Waals surface area contributed by atoms with Crippen LogP contribution in [-0.2, 0) is 17.6 Å². The van der Waals surface area contributed by atoms with Crippen molar-refractivity contribution >= 4 is 28.6 Å². The number of fused-ring (bicyclic) bond motifs is 2. The Bertz CT molecular complexity index is 908. The number of rotatable bonds is 3. The Hall–Kier alpha value is -2.88. The summed E-state index contributed by atoms with van der Waals surface area (Å²) < 4.78 is 0. The first-order valence-corrected chi connectivity index (χ1v) is 7.83. The van der Waals surface area contributed by atoms with Gasteiger partial charge in [0, 0.05) is 17.1 Å². The average Bonchev–Trinajstić information content (AvgIpc) is 3.19. The van der Waals surface area contributed by atoms with Gasteiger partial charge in [0.15, 0.2) is 0 Å². The SMILES string of the molecule is O=C(C=Cc1n[nH]c2ccccc12)Nc1ccc2c(c1)CCC2. The molecule has 0 aliphatic heterocycles. The highest BCUT2D eigenvalue weighted by Crippen LogP contribution is 2.25. The quantitative estimate of drug-likeness (QED) is 0.725. The van der Waals surface area contributed by atoms with Gasteiger partial charge in [0.05, 0.1) is 11.2 Å². The molecule has 0 bridgehead atoms.